The molecule has 108 valence electrons. The van der Waals surface area contributed by atoms with Gasteiger partial charge in [-0.1, -0.05) is 75.8 Å². The molecule has 0 saturated heterocycles. The zero-order chi connectivity index (χ0) is 14.2. The normalized spacial score (nSPS) is 11.1. The van der Waals surface area contributed by atoms with E-state index < -0.39 is 0 Å². The summed E-state index contributed by atoms with van der Waals surface area (Å²) in [5.74, 6) is 0.393. The van der Waals surface area contributed by atoms with E-state index in [9.17, 15) is 5.11 Å². The van der Waals surface area contributed by atoms with Crippen molar-refractivity contribution in [2.45, 2.75) is 58.3 Å². The molecule has 0 heterocycles. The standard InChI is InChI=1S/C19H26O/c1-2-3-4-5-6-7-8-11-16-14-15-19(20)18-13-10-9-12-17(16)18/h9-10,12-15,20H,2-8,11H2,1H3. The molecule has 1 nitrogen and oxygen atoms in total. The molecular weight excluding hydrogens is 244 g/mol. The lowest BCUT2D eigenvalue weighted by molar-refractivity contribution is 0.481. The van der Waals surface area contributed by atoms with Crippen LogP contribution in [0, 0.1) is 0 Å². The van der Waals surface area contributed by atoms with Gasteiger partial charge in [-0.3, -0.25) is 0 Å². The molecule has 2 rings (SSSR count). The van der Waals surface area contributed by atoms with E-state index in [0.717, 1.165) is 11.8 Å². The van der Waals surface area contributed by atoms with Gasteiger partial charge in [0.2, 0.25) is 0 Å². The average molecular weight is 270 g/mol. The Kier molecular flexibility index (Phi) is 5.91. The van der Waals surface area contributed by atoms with Gasteiger partial charge in [0.25, 0.3) is 0 Å². The SMILES string of the molecule is CCCCCCCCCc1ccc(O)c2ccccc12. The first-order chi connectivity index (χ1) is 9.83. The number of hydrogen-bond acceptors (Lipinski definition) is 1. The van der Waals surface area contributed by atoms with Crippen molar-refractivity contribution in [2.75, 3.05) is 0 Å². The smallest absolute Gasteiger partial charge is 0.123 e. The minimum absolute atomic E-state index is 0.393. The maximum atomic E-state index is 9.89. The third-order valence-electron chi connectivity index (χ3n) is 4.04. The van der Waals surface area contributed by atoms with Crippen LogP contribution in [0.25, 0.3) is 10.8 Å². The fourth-order valence-corrected chi connectivity index (χ4v) is 2.84. The van der Waals surface area contributed by atoms with Crippen molar-refractivity contribution in [3.8, 4) is 5.75 Å². The molecule has 0 aliphatic rings. The van der Waals surface area contributed by atoms with E-state index in [0.29, 0.717) is 5.75 Å². The summed E-state index contributed by atoms with van der Waals surface area (Å²) in [6, 6.07) is 12.1. The van der Waals surface area contributed by atoms with Gasteiger partial charge >= 0.3 is 0 Å². The Morgan fingerprint density at radius 3 is 2.15 bits per heavy atom. The number of phenols is 1. The molecule has 1 N–H and O–H groups in total. The van der Waals surface area contributed by atoms with Gasteiger partial charge < -0.3 is 5.11 Å². The van der Waals surface area contributed by atoms with Crippen LogP contribution in [-0.4, -0.2) is 5.11 Å². The van der Waals surface area contributed by atoms with E-state index >= 15 is 0 Å². The van der Waals surface area contributed by atoms with Crippen molar-refractivity contribution >= 4 is 10.8 Å². The first-order valence-corrected chi connectivity index (χ1v) is 8.02. The number of phenolic OH excluding ortho intramolecular Hbond substituents is 1. The molecule has 2 aromatic rings. The second-order valence-electron chi connectivity index (χ2n) is 5.66. The van der Waals surface area contributed by atoms with E-state index in [2.05, 4.69) is 25.1 Å². The van der Waals surface area contributed by atoms with Gasteiger partial charge in [-0.25, -0.2) is 0 Å². The van der Waals surface area contributed by atoms with Crippen LogP contribution >= 0.6 is 0 Å². The Morgan fingerprint density at radius 2 is 1.40 bits per heavy atom. The van der Waals surface area contributed by atoms with Crippen LogP contribution in [0.15, 0.2) is 36.4 Å². The molecule has 0 amide bonds. The number of aromatic hydroxyl groups is 1. The summed E-state index contributed by atoms with van der Waals surface area (Å²) in [5, 5.41) is 12.1. The van der Waals surface area contributed by atoms with Gasteiger partial charge in [0.05, 0.1) is 0 Å². The van der Waals surface area contributed by atoms with E-state index in [-0.39, 0.29) is 0 Å². The lowest BCUT2D eigenvalue weighted by Crippen LogP contribution is -1.89. The fraction of sp³-hybridized carbons (Fsp3) is 0.474. The monoisotopic (exact) mass is 270 g/mol. The zero-order valence-electron chi connectivity index (χ0n) is 12.6. The second-order valence-corrected chi connectivity index (χ2v) is 5.66. The van der Waals surface area contributed by atoms with Crippen molar-refractivity contribution < 1.29 is 5.11 Å². The number of benzene rings is 2. The summed E-state index contributed by atoms with van der Waals surface area (Å²) in [5.41, 5.74) is 1.37. The van der Waals surface area contributed by atoms with Gasteiger partial charge in [-0.2, -0.15) is 0 Å². The third-order valence-corrected chi connectivity index (χ3v) is 4.04. The molecule has 1 heteroatoms. The number of rotatable bonds is 8. The Morgan fingerprint density at radius 1 is 0.750 bits per heavy atom. The van der Waals surface area contributed by atoms with Crippen LogP contribution in [-0.2, 0) is 6.42 Å². The average Bonchev–Trinajstić information content (AvgIpc) is 2.49. The Balaban J connectivity index is 1.86. The Bertz CT molecular complexity index is 530. The molecule has 0 aromatic heterocycles. The van der Waals surface area contributed by atoms with Gasteiger partial charge in [-0.05, 0) is 29.9 Å². The van der Waals surface area contributed by atoms with Crippen LogP contribution in [0.1, 0.15) is 57.4 Å². The first-order valence-electron chi connectivity index (χ1n) is 8.02. The predicted octanol–water partition coefficient (Wildman–Crippen LogP) is 5.84. The molecule has 0 aliphatic carbocycles. The largest absolute Gasteiger partial charge is 0.507 e. The third kappa shape index (κ3) is 4.00. The predicted molar refractivity (Wildman–Crippen MR) is 87.3 cm³/mol. The number of unbranched alkanes of at least 4 members (excludes halogenated alkanes) is 6. The van der Waals surface area contributed by atoms with Gasteiger partial charge in [0.15, 0.2) is 0 Å². The van der Waals surface area contributed by atoms with Crippen LogP contribution in [0.3, 0.4) is 0 Å². The summed E-state index contributed by atoms with van der Waals surface area (Å²) in [7, 11) is 0. The van der Waals surface area contributed by atoms with E-state index in [1.807, 2.05) is 18.2 Å². The molecule has 2 aromatic carbocycles. The lowest BCUT2D eigenvalue weighted by atomic mass is 9.98. The summed E-state index contributed by atoms with van der Waals surface area (Å²) >= 11 is 0. The molecule has 0 atom stereocenters. The summed E-state index contributed by atoms with van der Waals surface area (Å²) in [4.78, 5) is 0. The summed E-state index contributed by atoms with van der Waals surface area (Å²) in [6.07, 6.45) is 10.5. The molecule has 0 aliphatic heterocycles. The molecule has 0 bridgehead atoms. The minimum atomic E-state index is 0.393. The van der Waals surface area contributed by atoms with Crippen molar-refractivity contribution in [2.24, 2.45) is 0 Å². The van der Waals surface area contributed by atoms with Crippen LogP contribution in [0.2, 0.25) is 0 Å². The lowest BCUT2D eigenvalue weighted by Gasteiger charge is -2.08. The van der Waals surface area contributed by atoms with Crippen molar-refractivity contribution in [3.05, 3.63) is 42.0 Å². The van der Waals surface area contributed by atoms with Gasteiger partial charge in [0, 0.05) is 5.39 Å². The summed E-state index contributed by atoms with van der Waals surface area (Å²) in [6.45, 7) is 2.26. The second kappa shape index (κ2) is 7.94. The molecular formula is C19H26O. The highest BCUT2D eigenvalue weighted by Gasteiger charge is 2.04. The van der Waals surface area contributed by atoms with Gasteiger partial charge in [0.1, 0.15) is 5.75 Å². The molecule has 0 radical (unpaired) electrons. The highest BCUT2D eigenvalue weighted by molar-refractivity contribution is 5.90. The van der Waals surface area contributed by atoms with Gasteiger partial charge in [-0.15, -0.1) is 0 Å². The molecule has 0 saturated carbocycles. The van der Waals surface area contributed by atoms with E-state index in [1.165, 1.54) is 55.9 Å². The number of hydrogen-bond donors (Lipinski definition) is 1. The topological polar surface area (TPSA) is 20.2 Å². The summed E-state index contributed by atoms with van der Waals surface area (Å²) < 4.78 is 0. The Labute approximate surface area is 122 Å². The number of aryl methyl sites for hydroxylation is 1. The molecule has 0 unspecified atom stereocenters. The molecule has 0 spiro atoms. The maximum absolute atomic E-state index is 9.89. The molecule has 20 heavy (non-hydrogen) atoms. The van der Waals surface area contributed by atoms with E-state index in [1.54, 1.807) is 0 Å². The quantitative estimate of drug-likeness (QED) is 0.597. The van der Waals surface area contributed by atoms with Crippen molar-refractivity contribution in [1.29, 1.82) is 0 Å². The van der Waals surface area contributed by atoms with Crippen molar-refractivity contribution in [3.63, 3.8) is 0 Å². The van der Waals surface area contributed by atoms with Crippen LogP contribution in [0.5, 0.6) is 5.75 Å². The first kappa shape index (κ1) is 14.9. The van der Waals surface area contributed by atoms with Crippen LogP contribution < -0.4 is 0 Å². The highest BCUT2D eigenvalue weighted by Crippen LogP contribution is 2.28. The molecule has 0 fully saturated rings. The van der Waals surface area contributed by atoms with E-state index in [4.69, 9.17) is 0 Å². The van der Waals surface area contributed by atoms with Crippen molar-refractivity contribution in [1.82, 2.24) is 0 Å². The highest BCUT2D eigenvalue weighted by atomic mass is 16.3. The minimum Gasteiger partial charge on any atom is -0.507 e. The fourth-order valence-electron chi connectivity index (χ4n) is 2.84. The zero-order valence-corrected chi connectivity index (χ0v) is 12.6. The number of fused-ring (bicyclic) bond motifs is 1. The maximum Gasteiger partial charge on any atom is 0.123 e. The van der Waals surface area contributed by atoms with Crippen LogP contribution in [0.4, 0.5) is 0 Å². The Hall–Kier alpha value is -1.50.